The van der Waals surface area contributed by atoms with Crippen molar-refractivity contribution in [3.8, 4) is 0 Å². The number of allylic oxidation sites excluding steroid dienone is 16. The molecule has 0 fully saturated rings. The van der Waals surface area contributed by atoms with Crippen molar-refractivity contribution in [3.63, 3.8) is 0 Å². The van der Waals surface area contributed by atoms with Crippen molar-refractivity contribution in [3.05, 3.63) is 97.2 Å². The van der Waals surface area contributed by atoms with E-state index in [2.05, 4.69) is 118 Å². The zero-order chi connectivity index (χ0) is 57.1. The highest BCUT2D eigenvalue weighted by Gasteiger charge is 2.19. The average molecular weight is 1100 g/mol. The highest BCUT2D eigenvalue weighted by atomic mass is 16.6. The average Bonchev–Trinajstić information content (AvgIpc) is 3.45. The lowest BCUT2D eigenvalue weighted by molar-refractivity contribution is -0.167. The maximum Gasteiger partial charge on any atom is 0.306 e. The Labute approximate surface area is 489 Å². The molecule has 0 saturated heterocycles. The van der Waals surface area contributed by atoms with Crippen LogP contribution in [0.2, 0.25) is 0 Å². The van der Waals surface area contributed by atoms with E-state index in [1.165, 1.54) is 173 Å². The van der Waals surface area contributed by atoms with Gasteiger partial charge in [0.2, 0.25) is 0 Å². The number of carbonyl (C=O) groups excluding carboxylic acids is 3. The molecule has 79 heavy (non-hydrogen) atoms. The third kappa shape index (κ3) is 65.0. The second-order valence-corrected chi connectivity index (χ2v) is 22.4. The van der Waals surface area contributed by atoms with Gasteiger partial charge in [0, 0.05) is 19.3 Å². The number of rotatable bonds is 61. The monoisotopic (exact) mass is 1100 g/mol. The van der Waals surface area contributed by atoms with E-state index < -0.39 is 6.10 Å². The Hall–Kier alpha value is -3.67. The van der Waals surface area contributed by atoms with E-state index in [9.17, 15) is 14.4 Å². The molecule has 6 nitrogen and oxygen atoms in total. The fourth-order valence-corrected chi connectivity index (χ4v) is 9.58. The van der Waals surface area contributed by atoms with Gasteiger partial charge in [0.05, 0.1) is 0 Å². The summed E-state index contributed by atoms with van der Waals surface area (Å²) in [6.07, 6.45) is 90.2. The quantitative estimate of drug-likeness (QED) is 0.0261. The molecule has 0 heterocycles. The molecule has 6 heteroatoms. The van der Waals surface area contributed by atoms with E-state index in [4.69, 9.17) is 14.2 Å². The largest absolute Gasteiger partial charge is 0.462 e. The molecule has 0 aliphatic rings. The molecule has 0 amide bonds. The zero-order valence-corrected chi connectivity index (χ0v) is 52.1. The topological polar surface area (TPSA) is 78.9 Å². The van der Waals surface area contributed by atoms with Gasteiger partial charge >= 0.3 is 17.9 Å². The van der Waals surface area contributed by atoms with Gasteiger partial charge in [-0.1, -0.05) is 323 Å². The Balaban J connectivity index is 4.12. The summed E-state index contributed by atoms with van der Waals surface area (Å²) in [6, 6.07) is 0. The Morgan fingerprint density at radius 1 is 0.266 bits per heavy atom. The van der Waals surface area contributed by atoms with Gasteiger partial charge in [0.25, 0.3) is 0 Å². The van der Waals surface area contributed by atoms with Crippen LogP contribution in [0.5, 0.6) is 0 Å². The minimum Gasteiger partial charge on any atom is -0.462 e. The number of carbonyl (C=O) groups is 3. The number of ether oxygens (including phenoxy) is 3. The van der Waals surface area contributed by atoms with Gasteiger partial charge in [-0.05, 0) is 83.5 Å². The van der Waals surface area contributed by atoms with Crippen molar-refractivity contribution in [1.82, 2.24) is 0 Å². The van der Waals surface area contributed by atoms with Gasteiger partial charge < -0.3 is 14.2 Å². The first kappa shape index (κ1) is 75.3. The minimum atomic E-state index is -0.777. The first-order chi connectivity index (χ1) is 39.0. The predicted octanol–water partition coefficient (Wildman–Crippen LogP) is 23.2. The SMILES string of the molecule is CC/C=C\C/C=C\C/C=C\C/C=C\C/C=C\C/C=C\C/C=C\C/C=C\CCCCCCCCCCC(=O)OCC(COC(=O)CCCCCCCCC)OC(=O)CCCCCCCCCCCCCCCCCCCCCCC. The van der Waals surface area contributed by atoms with Crippen LogP contribution in [0.4, 0.5) is 0 Å². The van der Waals surface area contributed by atoms with Crippen molar-refractivity contribution in [2.45, 2.75) is 335 Å². The molecule has 0 aromatic carbocycles. The molecule has 0 aromatic heterocycles. The van der Waals surface area contributed by atoms with Crippen molar-refractivity contribution < 1.29 is 28.6 Å². The van der Waals surface area contributed by atoms with E-state index in [0.717, 1.165) is 116 Å². The lowest BCUT2D eigenvalue weighted by atomic mass is 10.0. The summed E-state index contributed by atoms with van der Waals surface area (Å²) >= 11 is 0. The standard InChI is InChI=1S/C73H126O6/c1-4-7-10-13-16-18-20-22-24-26-28-30-31-32-33-34-35-36-37-38-39-40-41-43-44-46-48-50-52-54-57-60-63-66-72(75)78-69-70(68-77-71(74)65-62-59-56-15-12-9-6-3)79-73(76)67-64-61-58-55-53-51-49-47-45-42-29-27-25-23-21-19-17-14-11-8-5-2/h7,10,16,18,22,24,28,30,32-33,35-36,38-39,41,43,70H,4-6,8-9,11-15,17,19-21,23,25-27,29,31,34,37,40,42,44-69H2,1-3H3/b10-7-,18-16-,24-22-,30-28-,33-32-,36-35-,39-38-,43-41-. The third-order valence-electron chi connectivity index (χ3n) is 14.6. The van der Waals surface area contributed by atoms with Gasteiger partial charge in [-0.3, -0.25) is 14.4 Å². The van der Waals surface area contributed by atoms with Crippen LogP contribution in [-0.2, 0) is 28.6 Å². The molecule has 0 aliphatic heterocycles. The molecule has 0 rings (SSSR count). The Kier molecular flexibility index (Phi) is 63.7. The molecular weight excluding hydrogens is 973 g/mol. The second kappa shape index (κ2) is 66.8. The summed E-state index contributed by atoms with van der Waals surface area (Å²) in [7, 11) is 0. The summed E-state index contributed by atoms with van der Waals surface area (Å²) < 4.78 is 16.9. The summed E-state index contributed by atoms with van der Waals surface area (Å²) in [5, 5.41) is 0. The molecule has 0 aromatic rings. The first-order valence-corrected chi connectivity index (χ1v) is 33.7. The molecule has 0 radical (unpaired) electrons. The minimum absolute atomic E-state index is 0.0758. The van der Waals surface area contributed by atoms with Gasteiger partial charge in [-0.15, -0.1) is 0 Å². The normalized spacial score (nSPS) is 12.7. The predicted molar refractivity (Wildman–Crippen MR) is 344 cm³/mol. The molecule has 0 saturated carbocycles. The first-order valence-electron chi connectivity index (χ1n) is 33.7. The summed E-state index contributed by atoms with van der Waals surface area (Å²) in [4.78, 5) is 38.1. The number of esters is 3. The fourth-order valence-electron chi connectivity index (χ4n) is 9.58. The lowest BCUT2D eigenvalue weighted by Gasteiger charge is -2.18. The molecular formula is C73H126O6. The summed E-state index contributed by atoms with van der Waals surface area (Å²) in [5.74, 6) is -0.877. The van der Waals surface area contributed by atoms with Crippen LogP contribution in [0.1, 0.15) is 329 Å². The van der Waals surface area contributed by atoms with Gasteiger partial charge in [-0.25, -0.2) is 0 Å². The highest BCUT2D eigenvalue weighted by Crippen LogP contribution is 2.17. The van der Waals surface area contributed by atoms with Crippen LogP contribution in [-0.4, -0.2) is 37.2 Å². The molecule has 0 bridgehead atoms. The van der Waals surface area contributed by atoms with Gasteiger partial charge in [0.15, 0.2) is 6.10 Å². The molecule has 1 atom stereocenters. The zero-order valence-electron chi connectivity index (χ0n) is 52.1. The Morgan fingerprint density at radius 3 is 0.772 bits per heavy atom. The van der Waals surface area contributed by atoms with Crippen LogP contribution in [0.15, 0.2) is 97.2 Å². The molecule has 454 valence electrons. The lowest BCUT2D eigenvalue weighted by Crippen LogP contribution is -2.30. The van der Waals surface area contributed by atoms with Crippen LogP contribution < -0.4 is 0 Å². The van der Waals surface area contributed by atoms with Crippen LogP contribution in [0.25, 0.3) is 0 Å². The smallest absolute Gasteiger partial charge is 0.306 e. The van der Waals surface area contributed by atoms with Gasteiger partial charge in [0.1, 0.15) is 13.2 Å². The second-order valence-electron chi connectivity index (χ2n) is 22.4. The van der Waals surface area contributed by atoms with E-state index >= 15 is 0 Å². The Bertz CT molecular complexity index is 1540. The van der Waals surface area contributed by atoms with Crippen molar-refractivity contribution in [1.29, 1.82) is 0 Å². The Morgan fingerprint density at radius 2 is 0.494 bits per heavy atom. The maximum atomic E-state index is 12.9. The van der Waals surface area contributed by atoms with E-state index in [1.54, 1.807) is 0 Å². The molecule has 0 N–H and O–H groups in total. The van der Waals surface area contributed by atoms with E-state index in [-0.39, 0.29) is 31.1 Å². The highest BCUT2D eigenvalue weighted by molar-refractivity contribution is 5.71. The van der Waals surface area contributed by atoms with Gasteiger partial charge in [-0.2, -0.15) is 0 Å². The van der Waals surface area contributed by atoms with Crippen molar-refractivity contribution in [2.75, 3.05) is 13.2 Å². The van der Waals surface area contributed by atoms with Crippen LogP contribution >= 0.6 is 0 Å². The van der Waals surface area contributed by atoms with Crippen LogP contribution in [0, 0.1) is 0 Å². The number of hydrogen-bond donors (Lipinski definition) is 0. The summed E-state index contributed by atoms with van der Waals surface area (Å²) in [6.45, 7) is 6.51. The number of unbranched alkanes of at least 4 members (excludes halogenated alkanes) is 34. The van der Waals surface area contributed by atoms with Crippen LogP contribution in [0.3, 0.4) is 0 Å². The van der Waals surface area contributed by atoms with Crippen molar-refractivity contribution >= 4 is 17.9 Å². The fraction of sp³-hybridized carbons (Fsp3) is 0.740. The third-order valence-corrected chi connectivity index (χ3v) is 14.6. The molecule has 1 unspecified atom stereocenters. The number of hydrogen-bond acceptors (Lipinski definition) is 6. The maximum absolute atomic E-state index is 12.9. The molecule has 0 spiro atoms. The van der Waals surface area contributed by atoms with E-state index in [1.807, 2.05) is 0 Å². The van der Waals surface area contributed by atoms with E-state index in [0.29, 0.717) is 19.3 Å². The summed E-state index contributed by atoms with van der Waals surface area (Å²) in [5.41, 5.74) is 0. The van der Waals surface area contributed by atoms with Crippen molar-refractivity contribution in [2.24, 2.45) is 0 Å². The molecule has 0 aliphatic carbocycles.